The molecule has 114 valence electrons. The van der Waals surface area contributed by atoms with E-state index >= 15 is 0 Å². The topological polar surface area (TPSA) is 49.9 Å². The maximum Gasteiger partial charge on any atom is 0.327 e. The highest BCUT2D eigenvalue weighted by Crippen LogP contribution is 2.31. The summed E-state index contributed by atoms with van der Waals surface area (Å²) in [5.41, 5.74) is 0.989. The quantitative estimate of drug-likeness (QED) is 0.755. The summed E-state index contributed by atoms with van der Waals surface area (Å²) in [7, 11) is 1.58. The Bertz CT molecular complexity index is 502. The number of carbonyl (C=O) groups is 2. The number of carbonyl (C=O) groups excluding carboxylic acids is 2. The Morgan fingerprint density at radius 3 is 2.43 bits per heavy atom. The van der Waals surface area contributed by atoms with Crippen molar-refractivity contribution in [1.29, 1.82) is 0 Å². The molecule has 1 saturated heterocycles. The molecule has 21 heavy (non-hydrogen) atoms. The van der Waals surface area contributed by atoms with E-state index in [-0.39, 0.29) is 30.4 Å². The van der Waals surface area contributed by atoms with Crippen molar-refractivity contribution in [3.05, 3.63) is 35.9 Å². The molecule has 1 aliphatic heterocycles. The zero-order chi connectivity index (χ0) is 15.4. The maximum atomic E-state index is 12.5. The monoisotopic (exact) mass is 290 g/mol. The van der Waals surface area contributed by atoms with Crippen molar-refractivity contribution in [3.8, 4) is 0 Å². The van der Waals surface area contributed by atoms with Crippen LogP contribution in [0.2, 0.25) is 0 Å². The number of nitrogens with zero attached hydrogens (tertiary/aromatic N) is 2. The van der Waals surface area contributed by atoms with E-state index in [1.54, 1.807) is 12.0 Å². The highest BCUT2D eigenvalue weighted by molar-refractivity contribution is 6.02. The van der Waals surface area contributed by atoms with Crippen molar-refractivity contribution in [1.82, 2.24) is 9.80 Å². The summed E-state index contributed by atoms with van der Waals surface area (Å²) < 4.78 is 4.99. The first-order chi connectivity index (χ1) is 10.1. The molecule has 0 aromatic heterocycles. The molecule has 1 heterocycles. The van der Waals surface area contributed by atoms with Crippen LogP contribution in [0.4, 0.5) is 4.79 Å². The fourth-order valence-corrected chi connectivity index (χ4v) is 2.70. The third kappa shape index (κ3) is 3.24. The number of benzene rings is 1. The highest BCUT2D eigenvalue weighted by atomic mass is 16.5. The number of imide groups is 1. The van der Waals surface area contributed by atoms with E-state index in [0.29, 0.717) is 13.2 Å². The molecule has 0 radical (unpaired) electrons. The average molecular weight is 290 g/mol. The van der Waals surface area contributed by atoms with Gasteiger partial charge in [0, 0.05) is 13.7 Å². The Kier molecular flexibility index (Phi) is 4.96. The first-order valence-electron chi connectivity index (χ1n) is 7.21. The summed E-state index contributed by atoms with van der Waals surface area (Å²) >= 11 is 0. The van der Waals surface area contributed by atoms with E-state index in [0.717, 1.165) is 5.56 Å². The zero-order valence-corrected chi connectivity index (χ0v) is 12.8. The third-order valence-corrected chi connectivity index (χ3v) is 3.69. The lowest BCUT2D eigenvalue weighted by molar-refractivity contribution is -0.127. The zero-order valence-electron chi connectivity index (χ0n) is 12.8. The largest absolute Gasteiger partial charge is 0.383 e. The summed E-state index contributed by atoms with van der Waals surface area (Å²) in [6, 6.07) is 9.26. The Morgan fingerprint density at radius 1 is 1.19 bits per heavy atom. The molecule has 1 aromatic carbocycles. The van der Waals surface area contributed by atoms with Gasteiger partial charge in [-0.25, -0.2) is 4.79 Å². The normalized spacial score (nSPS) is 17.0. The fourth-order valence-electron chi connectivity index (χ4n) is 2.70. The number of amides is 3. The molecule has 5 heteroatoms. The SMILES string of the molecule is COCCN1CC(=O)N([C@H](c2ccccc2)C(C)C)C1=O. The number of methoxy groups -OCH3 is 1. The van der Waals surface area contributed by atoms with Crippen LogP contribution < -0.4 is 0 Å². The van der Waals surface area contributed by atoms with Gasteiger partial charge in [0.15, 0.2) is 0 Å². The third-order valence-electron chi connectivity index (χ3n) is 3.69. The van der Waals surface area contributed by atoms with Crippen molar-refractivity contribution in [2.24, 2.45) is 5.92 Å². The predicted molar refractivity (Wildman–Crippen MR) is 79.7 cm³/mol. The Labute approximate surface area is 125 Å². The van der Waals surface area contributed by atoms with Gasteiger partial charge in [-0.3, -0.25) is 9.69 Å². The minimum absolute atomic E-state index is 0.137. The first-order valence-corrected chi connectivity index (χ1v) is 7.21. The summed E-state index contributed by atoms with van der Waals surface area (Å²) in [6.07, 6.45) is 0. The van der Waals surface area contributed by atoms with Crippen molar-refractivity contribution in [2.45, 2.75) is 19.9 Å². The number of rotatable bonds is 6. The van der Waals surface area contributed by atoms with E-state index in [4.69, 9.17) is 4.74 Å². The molecule has 0 aliphatic carbocycles. The Hall–Kier alpha value is -1.88. The molecule has 0 spiro atoms. The number of urea groups is 1. The fraction of sp³-hybridized carbons (Fsp3) is 0.500. The molecule has 1 aliphatic rings. The minimum Gasteiger partial charge on any atom is -0.383 e. The van der Waals surface area contributed by atoms with E-state index in [9.17, 15) is 9.59 Å². The van der Waals surface area contributed by atoms with Crippen molar-refractivity contribution in [2.75, 3.05) is 26.8 Å². The number of hydrogen-bond acceptors (Lipinski definition) is 3. The molecule has 1 atom stereocenters. The molecule has 1 fully saturated rings. The summed E-state index contributed by atoms with van der Waals surface area (Å²) in [5.74, 6) is 0.0151. The van der Waals surface area contributed by atoms with Gasteiger partial charge in [0.25, 0.3) is 5.91 Å². The average Bonchev–Trinajstić information content (AvgIpc) is 2.74. The van der Waals surface area contributed by atoms with Gasteiger partial charge in [-0.05, 0) is 11.5 Å². The van der Waals surface area contributed by atoms with E-state index in [1.807, 2.05) is 44.2 Å². The standard InChI is InChI=1S/C16H22N2O3/c1-12(2)15(13-7-5-4-6-8-13)18-14(19)11-17(16(18)20)9-10-21-3/h4-8,12,15H,9-11H2,1-3H3/t15-/m0/s1. The lowest BCUT2D eigenvalue weighted by atomic mass is 9.94. The van der Waals surface area contributed by atoms with E-state index in [2.05, 4.69) is 0 Å². The summed E-state index contributed by atoms with van der Waals surface area (Å²) in [5, 5.41) is 0. The lowest BCUT2D eigenvalue weighted by Crippen LogP contribution is -2.39. The van der Waals surface area contributed by atoms with Gasteiger partial charge in [0.1, 0.15) is 6.54 Å². The summed E-state index contributed by atoms with van der Waals surface area (Å²) in [4.78, 5) is 27.8. The second-order valence-corrected chi connectivity index (χ2v) is 5.56. The second-order valence-electron chi connectivity index (χ2n) is 5.56. The van der Waals surface area contributed by atoms with Gasteiger partial charge in [0.05, 0.1) is 12.6 Å². The van der Waals surface area contributed by atoms with Crippen molar-refractivity contribution in [3.63, 3.8) is 0 Å². The van der Waals surface area contributed by atoms with Crippen LogP contribution in [0.3, 0.4) is 0 Å². The van der Waals surface area contributed by atoms with Gasteiger partial charge in [-0.2, -0.15) is 0 Å². The van der Waals surface area contributed by atoms with E-state index in [1.165, 1.54) is 4.90 Å². The number of hydrogen-bond donors (Lipinski definition) is 0. The lowest BCUT2D eigenvalue weighted by Gasteiger charge is -2.29. The van der Waals surface area contributed by atoms with Crippen LogP contribution in [0.15, 0.2) is 30.3 Å². The molecular weight excluding hydrogens is 268 g/mol. The minimum atomic E-state index is -0.223. The molecule has 5 nitrogen and oxygen atoms in total. The molecular formula is C16H22N2O3. The maximum absolute atomic E-state index is 12.5. The highest BCUT2D eigenvalue weighted by Gasteiger charge is 2.41. The van der Waals surface area contributed by atoms with Gasteiger partial charge in [-0.15, -0.1) is 0 Å². The molecule has 1 aromatic rings. The van der Waals surface area contributed by atoms with Crippen LogP contribution in [0.5, 0.6) is 0 Å². The Balaban J connectivity index is 2.25. The van der Waals surface area contributed by atoms with Gasteiger partial charge < -0.3 is 9.64 Å². The van der Waals surface area contributed by atoms with Crippen LogP contribution >= 0.6 is 0 Å². The summed E-state index contributed by atoms with van der Waals surface area (Å²) in [6.45, 7) is 5.06. The Morgan fingerprint density at radius 2 is 1.86 bits per heavy atom. The van der Waals surface area contributed by atoms with E-state index < -0.39 is 0 Å². The molecule has 2 rings (SSSR count). The molecule has 0 saturated carbocycles. The molecule has 0 bridgehead atoms. The molecule has 0 N–H and O–H groups in total. The second kappa shape index (κ2) is 6.72. The van der Waals surface area contributed by atoms with Gasteiger partial charge >= 0.3 is 6.03 Å². The van der Waals surface area contributed by atoms with Crippen LogP contribution in [-0.4, -0.2) is 48.5 Å². The van der Waals surface area contributed by atoms with Crippen LogP contribution in [0, 0.1) is 5.92 Å². The number of ether oxygens (including phenoxy) is 1. The van der Waals surface area contributed by atoms with Crippen LogP contribution in [0.1, 0.15) is 25.5 Å². The predicted octanol–water partition coefficient (Wildman–Crippen LogP) is 2.29. The van der Waals surface area contributed by atoms with Gasteiger partial charge in [0.2, 0.25) is 0 Å². The van der Waals surface area contributed by atoms with Crippen LogP contribution in [0.25, 0.3) is 0 Å². The van der Waals surface area contributed by atoms with Crippen molar-refractivity contribution >= 4 is 11.9 Å². The smallest absolute Gasteiger partial charge is 0.327 e. The van der Waals surface area contributed by atoms with Gasteiger partial charge in [-0.1, -0.05) is 44.2 Å². The molecule has 3 amide bonds. The van der Waals surface area contributed by atoms with Crippen molar-refractivity contribution < 1.29 is 14.3 Å². The first kappa shape index (κ1) is 15.5. The van der Waals surface area contributed by atoms with Crippen LogP contribution in [-0.2, 0) is 9.53 Å². The molecule has 0 unspecified atom stereocenters.